The highest BCUT2D eigenvalue weighted by Crippen LogP contribution is 2.36. The van der Waals surface area contributed by atoms with E-state index in [0.29, 0.717) is 36.5 Å². The first-order valence-electron chi connectivity index (χ1n) is 18.6. The molecule has 5 aromatic rings. The van der Waals surface area contributed by atoms with Crippen LogP contribution in [-0.2, 0) is 14.8 Å². The number of benzene rings is 3. The SMILES string of the molecule is COCCNc1ccc(S(=O)(=O)NC(=O)c2ccc(N3CCC(CN4CCCCC4c4ccc(Cl)cc4)CC3)cc2Oc2cnc3[nH]ccc3c2)cc1C. The van der Waals surface area contributed by atoms with Gasteiger partial charge in [0.25, 0.3) is 15.9 Å². The predicted octanol–water partition coefficient (Wildman–Crippen LogP) is 7.94. The molecule has 2 aliphatic rings. The van der Waals surface area contributed by atoms with Crippen LogP contribution in [0.2, 0.25) is 5.02 Å². The van der Waals surface area contributed by atoms with Gasteiger partial charge in [-0.3, -0.25) is 9.69 Å². The zero-order valence-electron chi connectivity index (χ0n) is 30.7. The number of ether oxygens (including phenoxy) is 2. The Bertz CT molecular complexity index is 2190. The number of hydrogen-bond donors (Lipinski definition) is 3. The van der Waals surface area contributed by atoms with Gasteiger partial charge in [0.15, 0.2) is 0 Å². The number of aromatic amines is 1. The van der Waals surface area contributed by atoms with Gasteiger partial charge in [0, 0.05) is 73.4 Å². The maximum Gasteiger partial charge on any atom is 0.268 e. The molecular formula is C41H47ClN6O5S. The van der Waals surface area contributed by atoms with Crippen LogP contribution in [0.1, 0.15) is 59.6 Å². The minimum absolute atomic E-state index is 0.0150. The Morgan fingerprint density at radius 1 is 0.981 bits per heavy atom. The van der Waals surface area contributed by atoms with Gasteiger partial charge in [-0.1, -0.05) is 30.2 Å². The van der Waals surface area contributed by atoms with Crippen LogP contribution in [-0.4, -0.2) is 75.6 Å². The summed E-state index contributed by atoms with van der Waals surface area (Å²) < 4.78 is 40.7. The van der Waals surface area contributed by atoms with Crippen molar-refractivity contribution in [2.24, 2.45) is 5.92 Å². The second kappa shape index (κ2) is 16.8. The van der Waals surface area contributed by atoms with Gasteiger partial charge in [0.05, 0.1) is 23.3 Å². The van der Waals surface area contributed by atoms with Crippen LogP contribution >= 0.6 is 11.6 Å². The number of likely N-dealkylation sites (tertiary alicyclic amines) is 1. The lowest BCUT2D eigenvalue weighted by Crippen LogP contribution is -2.41. The van der Waals surface area contributed by atoms with Crippen LogP contribution in [0.4, 0.5) is 11.4 Å². The summed E-state index contributed by atoms with van der Waals surface area (Å²) in [6.45, 7) is 6.78. The number of amides is 1. The van der Waals surface area contributed by atoms with E-state index in [2.05, 4.69) is 41.9 Å². The zero-order valence-corrected chi connectivity index (χ0v) is 32.3. The van der Waals surface area contributed by atoms with Crippen molar-refractivity contribution in [2.45, 2.75) is 50.0 Å². The summed E-state index contributed by atoms with van der Waals surface area (Å²) in [6, 6.07) is 22.5. The van der Waals surface area contributed by atoms with E-state index < -0.39 is 15.9 Å². The second-order valence-electron chi connectivity index (χ2n) is 14.2. The van der Waals surface area contributed by atoms with Crippen molar-refractivity contribution in [1.82, 2.24) is 19.6 Å². The highest BCUT2D eigenvalue weighted by molar-refractivity contribution is 7.90. The minimum Gasteiger partial charge on any atom is -0.455 e. The molecule has 2 saturated heterocycles. The van der Waals surface area contributed by atoms with E-state index in [1.807, 2.05) is 43.3 Å². The summed E-state index contributed by atoms with van der Waals surface area (Å²) in [4.78, 5) is 26.2. The van der Waals surface area contributed by atoms with E-state index in [1.54, 1.807) is 31.6 Å². The Kier molecular flexibility index (Phi) is 11.7. The number of nitrogens with zero attached hydrogens (tertiary/aromatic N) is 3. The normalized spacial score (nSPS) is 17.1. The van der Waals surface area contributed by atoms with Crippen molar-refractivity contribution in [1.29, 1.82) is 0 Å². The number of piperidine rings is 2. The van der Waals surface area contributed by atoms with Crippen LogP contribution in [0.5, 0.6) is 11.5 Å². The number of aromatic nitrogens is 2. The third-order valence-corrected chi connectivity index (χ3v) is 12.1. The topological polar surface area (TPSA) is 129 Å². The molecule has 7 rings (SSSR count). The van der Waals surface area contributed by atoms with Gasteiger partial charge >= 0.3 is 0 Å². The maximum atomic E-state index is 13.8. The molecule has 0 bridgehead atoms. The third kappa shape index (κ3) is 8.84. The fraction of sp³-hybridized carbons (Fsp3) is 0.366. The summed E-state index contributed by atoms with van der Waals surface area (Å²) in [5, 5.41) is 4.84. The average molecular weight is 771 g/mol. The molecule has 284 valence electrons. The van der Waals surface area contributed by atoms with Gasteiger partial charge in [0.1, 0.15) is 17.1 Å². The first-order chi connectivity index (χ1) is 26.2. The monoisotopic (exact) mass is 770 g/mol. The number of pyridine rings is 1. The first-order valence-corrected chi connectivity index (χ1v) is 20.4. The summed E-state index contributed by atoms with van der Waals surface area (Å²) in [6.07, 6.45) is 9.07. The number of methoxy groups -OCH3 is 1. The highest BCUT2D eigenvalue weighted by atomic mass is 35.5. The molecule has 1 amide bonds. The van der Waals surface area contributed by atoms with Crippen LogP contribution in [0.25, 0.3) is 11.0 Å². The zero-order chi connectivity index (χ0) is 37.7. The molecule has 2 aromatic heterocycles. The molecule has 1 atom stereocenters. The maximum absolute atomic E-state index is 13.8. The van der Waals surface area contributed by atoms with Gasteiger partial charge in [-0.15, -0.1) is 0 Å². The molecule has 4 heterocycles. The quantitative estimate of drug-likeness (QED) is 0.102. The molecule has 2 fully saturated rings. The summed E-state index contributed by atoms with van der Waals surface area (Å²) in [5.41, 5.74) is 4.56. The molecule has 0 saturated carbocycles. The van der Waals surface area contributed by atoms with Crippen LogP contribution in [0, 0.1) is 12.8 Å². The fourth-order valence-electron chi connectivity index (χ4n) is 7.58. The molecule has 3 aromatic carbocycles. The number of fused-ring (bicyclic) bond motifs is 1. The molecule has 0 radical (unpaired) electrons. The lowest BCUT2D eigenvalue weighted by molar-refractivity contribution is 0.0979. The number of nitrogens with one attached hydrogen (secondary N) is 3. The molecule has 1 unspecified atom stereocenters. The summed E-state index contributed by atoms with van der Waals surface area (Å²) in [5.74, 6) is 0.451. The average Bonchev–Trinajstić information content (AvgIpc) is 3.64. The molecule has 0 spiro atoms. The number of anilines is 2. The fourth-order valence-corrected chi connectivity index (χ4v) is 8.76. The number of hydrogen-bond acceptors (Lipinski definition) is 9. The molecule has 3 N–H and O–H groups in total. The number of aryl methyl sites for hydroxylation is 1. The number of rotatable bonds is 13. The van der Waals surface area contributed by atoms with E-state index in [0.717, 1.165) is 72.8 Å². The first kappa shape index (κ1) is 37.7. The van der Waals surface area contributed by atoms with Gasteiger partial charge < -0.3 is 24.7 Å². The van der Waals surface area contributed by atoms with Crippen LogP contribution in [0.3, 0.4) is 0 Å². The highest BCUT2D eigenvalue weighted by Gasteiger charge is 2.29. The van der Waals surface area contributed by atoms with Crippen LogP contribution < -0.4 is 19.7 Å². The van der Waals surface area contributed by atoms with Gasteiger partial charge in [-0.2, -0.15) is 0 Å². The van der Waals surface area contributed by atoms with E-state index in [4.69, 9.17) is 21.1 Å². The van der Waals surface area contributed by atoms with Gasteiger partial charge in [0.2, 0.25) is 0 Å². The number of H-pyrrole nitrogens is 1. The predicted molar refractivity (Wildman–Crippen MR) is 213 cm³/mol. The van der Waals surface area contributed by atoms with Gasteiger partial charge in [-0.05, 0) is 111 Å². The van der Waals surface area contributed by atoms with Crippen molar-refractivity contribution >= 4 is 49.9 Å². The van der Waals surface area contributed by atoms with Crippen molar-refractivity contribution in [2.75, 3.05) is 56.7 Å². The Hall–Kier alpha value is -4.62. The molecule has 54 heavy (non-hydrogen) atoms. The Morgan fingerprint density at radius 3 is 2.57 bits per heavy atom. The molecule has 13 heteroatoms. The van der Waals surface area contributed by atoms with E-state index in [-0.39, 0.29) is 16.2 Å². The number of halogens is 1. The van der Waals surface area contributed by atoms with Crippen LogP contribution in [0.15, 0.2) is 90.1 Å². The van der Waals surface area contributed by atoms with Crippen molar-refractivity contribution in [3.05, 3.63) is 107 Å². The molecule has 0 aliphatic carbocycles. The Morgan fingerprint density at radius 2 is 1.80 bits per heavy atom. The molecular weight excluding hydrogens is 724 g/mol. The summed E-state index contributed by atoms with van der Waals surface area (Å²) >= 11 is 6.19. The smallest absolute Gasteiger partial charge is 0.268 e. The number of carbonyl (C=O) groups is 1. The lowest BCUT2D eigenvalue weighted by atomic mass is 9.91. The lowest BCUT2D eigenvalue weighted by Gasteiger charge is -2.41. The molecule has 2 aliphatic heterocycles. The van der Waals surface area contributed by atoms with E-state index >= 15 is 0 Å². The van der Waals surface area contributed by atoms with E-state index in [1.165, 1.54) is 30.5 Å². The Labute approximate surface area is 322 Å². The van der Waals surface area contributed by atoms with Crippen molar-refractivity contribution < 1.29 is 22.7 Å². The van der Waals surface area contributed by atoms with Crippen molar-refractivity contribution in [3.8, 4) is 11.5 Å². The number of sulfonamides is 1. The number of carbonyl (C=O) groups excluding carboxylic acids is 1. The standard InChI is InChI=1S/C41H47ClN6O5S/c1-28-23-35(11-13-37(28)43-18-22-52-2)54(50,51)46-41(49)36-12-10-33(25-39(36)53-34-24-31-14-17-44-40(31)45-26-34)47-20-15-29(16-21-47)27-48-19-4-3-5-38(48)30-6-8-32(42)9-7-30/h6-14,17,23-26,29,38,43H,3-5,15-16,18-22,27H2,1-2H3,(H,44,45)(H,46,49). The van der Waals surface area contributed by atoms with Crippen molar-refractivity contribution in [3.63, 3.8) is 0 Å². The summed E-state index contributed by atoms with van der Waals surface area (Å²) in [7, 11) is -2.58. The second-order valence-corrected chi connectivity index (χ2v) is 16.3. The van der Waals surface area contributed by atoms with Gasteiger partial charge in [-0.25, -0.2) is 18.1 Å². The molecule has 11 nitrogen and oxygen atoms in total. The Balaban J connectivity index is 1.07. The largest absolute Gasteiger partial charge is 0.455 e. The van der Waals surface area contributed by atoms with E-state index in [9.17, 15) is 13.2 Å². The third-order valence-electron chi connectivity index (χ3n) is 10.5. The minimum atomic E-state index is -4.20.